The maximum Gasteiger partial charge on any atom is 0.252 e. The van der Waals surface area contributed by atoms with Gasteiger partial charge in [0.05, 0.1) is 29.3 Å². The topological polar surface area (TPSA) is 69.0 Å². The number of hydrogen-bond acceptors (Lipinski definition) is 4. The molecule has 0 aliphatic carbocycles. The zero-order chi connectivity index (χ0) is 16.6. The fraction of sp³-hybridized carbons (Fsp3) is 0.588. The van der Waals surface area contributed by atoms with Crippen LogP contribution in [0, 0.1) is 6.92 Å². The lowest BCUT2D eigenvalue weighted by Crippen LogP contribution is -2.40. The molecule has 1 amide bonds. The molecule has 6 heteroatoms. The van der Waals surface area contributed by atoms with Gasteiger partial charge in [-0.15, -0.1) is 0 Å². The Bertz CT molecular complexity index is 717. The highest BCUT2D eigenvalue weighted by atomic mass is 16.5. The molecule has 0 bridgehead atoms. The monoisotopic (exact) mass is 316 g/mol. The molecule has 124 valence electrons. The summed E-state index contributed by atoms with van der Waals surface area (Å²) in [5.41, 5.74) is 2.20. The van der Waals surface area contributed by atoms with Crippen LogP contribution in [0.1, 0.15) is 55.7 Å². The van der Waals surface area contributed by atoms with Crippen molar-refractivity contribution in [3.8, 4) is 0 Å². The van der Waals surface area contributed by atoms with E-state index in [1.54, 1.807) is 6.20 Å². The molecule has 3 heterocycles. The van der Waals surface area contributed by atoms with Crippen LogP contribution in [-0.4, -0.2) is 39.4 Å². The highest BCUT2D eigenvalue weighted by molar-refractivity contribution is 6.05. The molecule has 1 fully saturated rings. The summed E-state index contributed by atoms with van der Waals surface area (Å²) < 4.78 is 7.50. The molecule has 1 N–H and O–H groups in total. The maximum atomic E-state index is 12.7. The van der Waals surface area contributed by atoms with E-state index in [0.717, 1.165) is 36.2 Å². The minimum atomic E-state index is -0.0909. The van der Waals surface area contributed by atoms with Crippen molar-refractivity contribution in [3.63, 3.8) is 0 Å². The molecule has 23 heavy (non-hydrogen) atoms. The van der Waals surface area contributed by atoms with Crippen molar-refractivity contribution in [2.45, 2.75) is 58.7 Å². The van der Waals surface area contributed by atoms with Crippen molar-refractivity contribution in [1.29, 1.82) is 0 Å². The molecule has 1 saturated heterocycles. The smallest absolute Gasteiger partial charge is 0.252 e. The summed E-state index contributed by atoms with van der Waals surface area (Å²) in [5, 5.41) is 8.25. The lowest BCUT2D eigenvalue weighted by Gasteiger charge is -2.20. The average Bonchev–Trinajstić information content (AvgIpc) is 3.15. The largest absolute Gasteiger partial charge is 0.376 e. The number of carbonyl (C=O) groups excluding carboxylic acids is 1. The lowest BCUT2D eigenvalue weighted by atomic mass is 10.1. The second-order valence-electron chi connectivity index (χ2n) is 6.54. The van der Waals surface area contributed by atoms with Crippen LogP contribution >= 0.6 is 0 Å². The second kappa shape index (κ2) is 6.28. The van der Waals surface area contributed by atoms with Crippen LogP contribution in [0.25, 0.3) is 11.0 Å². The molecule has 0 spiro atoms. The van der Waals surface area contributed by atoms with E-state index in [1.165, 1.54) is 0 Å². The number of pyridine rings is 1. The molecule has 2 aromatic heterocycles. The minimum Gasteiger partial charge on any atom is -0.376 e. The zero-order valence-corrected chi connectivity index (χ0v) is 14.2. The summed E-state index contributed by atoms with van der Waals surface area (Å²) >= 11 is 0. The maximum absolute atomic E-state index is 12.7. The number of aryl methyl sites for hydroxylation is 1. The van der Waals surface area contributed by atoms with E-state index in [2.05, 4.69) is 29.2 Å². The van der Waals surface area contributed by atoms with Crippen molar-refractivity contribution < 1.29 is 9.53 Å². The number of ether oxygens (including phenoxy) is 1. The lowest BCUT2D eigenvalue weighted by molar-refractivity contribution is 0.0713. The summed E-state index contributed by atoms with van der Waals surface area (Å²) in [5.74, 6) is -0.0909. The van der Waals surface area contributed by atoms with E-state index in [4.69, 9.17) is 4.74 Å². The summed E-state index contributed by atoms with van der Waals surface area (Å²) in [7, 11) is 0. The quantitative estimate of drug-likeness (QED) is 0.941. The number of nitrogens with zero attached hydrogens (tertiary/aromatic N) is 3. The molecule has 0 aromatic carbocycles. The molecule has 1 aliphatic heterocycles. The first-order valence-electron chi connectivity index (χ1n) is 8.24. The number of aromatic nitrogens is 3. The minimum absolute atomic E-state index is 0.00587. The van der Waals surface area contributed by atoms with Crippen LogP contribution in [0.3, 0.4) is 0 Å². The van der Waals surface area contributed by atoms with Gasteiger partial charge in [-0.3, -0.25) is 4.79 Å². The van der Waals surface area contributed by atoms with Crippen molar-refractivity contribution in [1.82, 2.24) is 20.1 Å². The fourth-order valence-corrected chi connectivity index (χ4v) is 3.08. The third-order valence-electron chi connectivity index (χ3n) is 4.31. The Hall–Kier alpha value is -1.95. The SMILES string of the molecule is Cc1cc(C(=O)N[C@@H](C)[C@@H]2CCCO2)c2cnn(C(C)C)c2n1. The molecule has 2 aromatic rings. The molecule has 3 rings (SSSR count). The Morgan fingerprint density at radius 2 is 2.22 bits per heavy atom. The van der Waals surface area contributed by atoms with Crippen LogP contribution in [-0.2, 0) is 4.74 Å². The fourth-order valence-electron chi connectivity index (χ4n) is 3.08. The third-order valence-corrected chi connectivity index (χ3v) is 4.31. The summed E-state index contributed by atoms with van der Waals surface area (Å²) in [6.45, 7) is 8.78. The van der Waals surface area contributed by atoms with Crippen molar-refractivity contribution in [3.05, 3.63) is 23.5 Å². The Morgan fingerprint density at radius 3 is 2.87 bits per heavy atom. The van der Waals surface area contributed by atoms with Crippen LogP contribution < -0.4 is 5.32 Å². The van der Waals surface area contributed by atoms with Gasteiger partial charge < -0.3 is 10.1 Å². The Labute approximate surface area is 136 Å². The Kier molecular flexibility index (Phi) is 4.35. The normalized spacial score (nSPS) is 19.4. The second-order valence-corrected chi connectivity index (χ2v) is 6.54. The predicted molar refractivity (Wildman–Crippen MR) is 88.6 cm³/mol. The first kappa shape index (κ1) is 15.9. The van der Waals surface area contributed by atoms with E-state index in [0.29, 0.717) is 5.56 Å². The van der Waals surface area contributed by atoms with Crippen LogP contribution in [0.5, 0.6) is 0 Å². The highest BCUT2D eigenvalue weighted by Gasteiger charge is 2.25. The first-order chi connectivity index (χ1) is 11.0. The van der Waals surface area contributed by atoms with Gasteiger partial charge in [-0.05, 0) is 46.6 Å². The van der Waals surface area contributed by atoms with Gasteiger partial charge in [0.15, 0.2) is 5.65 Å². The summed E-state index contributed by atoms with van der Waals surface area (Å²) in [6, 6.07) is 2.02. The third kappa shape index (κ3) is 3.08. The van der Waals surface area contributed by atoms with Gasteiger partial charge in [-0.2, -0.15) is 5.10 Å². The Balaban J connectivity index is 1.90. The number of rotatable bonds is 4. The number of amides is 1. The molecule has 2 atom stereocenters. The highest BCUT2D eigenvalue weighted by Crippen LogP contribution is 2.22. The van der Waals surface area contributed by atoms with Crippen LogP contribution in [0.2, 0.25) is 0 Å². The first-order valence-corrected chi connectivity index (χ1v) is 8.24. The van der Waals surface area contributed by atoms with Gasteiger partial charge in [-0.25, -0.2) is 9.67 Å². The van der Waals surface area contributed by atoms with E-state index in [9.17, 15) is 4.79 Å². The number of carbonyl (C=O) groups is 1. The molecule has 1 aliphatic rings. The van der Waals surface area contributed by atoms with Crippen molar-refractivity contribution in [2.24, 2.45) is 0 Å². The van der Waals surface area contributed by atoms with Gasteiger partial charge >= 0.3 is 0 Å². The summed E-state index contributed by atoms with van der Waals surface area (Å²) in [4.78, 5) is 17.3. The van der Waals surface area contributed by atoms with Gasteiger partial charge in [-0.1, -0.05) is 0 Å². The molecule has 0 saturated carbocycles. The number of hydrogen-bond donors (Lipinski definition) is 1. The molecule has 0 radical (unpaired) electrons. The van der Waals surface area contributed by atoms with Crippen molar-refractivity contribution >= 4 is 16.9 Å². The van der Waals surface area contributed by atoms with Gasteiger partial charge in [0, 0.05) is 18.3 Å². The van der Waals surface area contributed by atoms with Gasteiger partial charge in [0.1, 0.15) is 0 Å². The van der Waals surface area contributed by atoms with Gasteiger partial charge in [0.2, 0.25) is 0 Å². The van der Waals surface area contributed by atoms with E-state index in [-0.39, 0.29) is 24.1 Å². The van der Waals surface area contributed by atoms with E-state index >= 15 is 0 Å². The van der Waals surface area contributed by atoms with Crippen LogP contribution in [0.4, 0.5) is 0 Å². The summed E-state index contributed by atoms with van der Waals surface area (Å²) in [6.07, 6.45) is 3.89. The molecular formula is C17H24N4O2. The molecule has 6 nitrogen and oxygen atoms in total. The van der Waals surface area contributed by atoms with Crippen molar-refractivity contribution in [2.75, 3.05) is 6.61 Å². The molecule has 0 unspecified atom stereocenters. The van der Waals surface area contributed by atoms with E-state index in [1.807, 2.05) is 24.6 Å². The average molecular weight is 316 g/mol. The number of fused-ring (bicyclic) bond motifs is 1. The standard InChI is InChI=1S/C17H24N4O2/c1-10(2)21-16-14(9-18-21)13(8-11(3)19-16)17(22)20-12(4)15-6-5-7-23-15/h8-10,12,15H,5-7H2,1-4H3,(H,20,22)/t12-,15-/m0/s1. The number of nitrogens with one attached hydrogen (secondary N) is 1. The zero-order valence-electron chi connectivity index (χ0n) is 14.2. The Morgan fingerprint density at radius 1 is 1.43 bits per heavy atom. The predicted octanol–water partition coefficient (Wildman–Crippen LogP) is 2.62. The molecular weight excluding hydrogens is 292 g/mol. The van der Waals surface area contributed by atoms with E-state index < -0.39 is 0 Å². The van der Waals surface area contributed by atoms with Gasteiger partial charge in [0.25, 0.3) is 5.91 Å². The van der Waals surface area contributed by atoms with Crippen LogP contribution in [0.15, 0.2) is 12.3 Å².